The lowest BCUT2D eigenvalue weighted by atomic mass is 10.4. The summed E-state index contributed by atoms with van der Waals surface area (Å²) in [5, 5.41) is 6.18. The first-order valence-electron chi connectivity index (χ1n) is 4.73. The fourth-order valence-corrected chi connectivity index (χ4v) is 2.65. The molecule has 1 aliphatic rings. The molecule has 2 heterocycles. The molecule has 86 valence electrons. The molecule has 1 aliphatic heterocycles. The van der Waals surface area contributed by atoms with Crippen molar-refractivity contribution < 1.29 is 9.59 Å². The SMILES string of the molecule is O=C1CN(C(=O)Nc2ccc(Br)s2)CCN1. The number of thiophene rings is 1. The van der Waals surface area contributed by atoms with Crippen molar-refractivity contribution in [3.8, 4) is 0 Å². The number of nitrogens with one attached hydrogen (secondary N) is 2. The second-order valence-corrected chi connectivity index (χ2v) is 5.77. The van der Waals surface area contributed by atoms with Crippen LogP contribution in [0, 0.1) is 0 Å². The number of carbonyl (C=O) groups is 2. The van der Waals surface area contributed by atoms with Crippen LogP contribution < -0.4 is 10.6 Å². The van der Waals surface area contributed by atoms with E-state index in [1.165, 1.54) is 16.2 Å². The highest BCUT2D eigenvalue weighted by molar-refractivity contribution is 9.11. The Morgan fingerprint density at radius 2 is 2.38 bits per heavy atom. The normalized spacial score (nSPS) is 15.8. The molecule has 0 aliphatic carbocycles. The summed E-state index contributed by atoms with van der Waals surface area (Å²) >= 11 is 4.76. The largest absolute Gasteiger partial charge is 0.353 e. The highest BCUT2D eigenvalue weighted by atomic mass is 79.9. The van der Waals surface area contributed by atoms with Crippen LogP contribution in [0.5, 0.6) is 0 Å². The highest BCUT2D eigenvalue weighted by Crippen LogP contribution is 2.26. The molecule has 0 unspecified atom stereocenters. The van der Waals surface area contributed by atoms with Crippen molar-refractivity contribution in [1.82, 2.24) is 10.2 Å². The van der Waals surface area contributed by atoms with Crippen molar-refractivity contribution in [2.75, 3.05) is 25.0 Å². The summed E-state index contributed by atoms with van der Waals surface area (Å²) in [7, 11) is 0. The second kappa shape index (κ2) is 4.84. The van der Waals surface area contributed by atoms with Crippen molar-refractivity contribution in [2.45, 2.75) is 0 Å². The molecular weight excluding hydrogens is 294 g/mol. The van der Waals surface area contributed by atoms with Gasteiger partial charge in [0.15, 0.2) is 0 Å². The summed E-state index contributed by atoms with van der Waals surface area (Å²) in [4.78, 5) is 24.3. The van der Waals surface area contributed by atoms with E-state index in [0.29, 0.717) is 13.1 Å². The van der Waals surface area contributed by atoms with E-state index in [4.69, 9.17) is 0 Å². The maximum absolute atomic E-state index is 11.7. The maximum Gasteiger partial charge on any atom is 0.322 e. The zero-order chi connectivity index (χ0) is 11.5. The molecule has 5 nitrogen and oxygen atoms in total. The van der Waals surface area contributed by atoms with Gasteiger partial charge in [-0.25, -0.2) is 4.79 Å². The van der Waals surface area contributed by atoms with Crippen molar-refractivity contribution in [3.05, 3.63) is 15.9 Å². The van der Waals surface area contributed by atoms with E-state index in [0.717, 1.165) is 8.79 Å². The number of amides is 3. The predicted molar refractivity (Wildman–Crippen MR) is 65.6 cm³/mol. The fraction of sp³-hybridized carbons (Fsp3) is 0.333. The van der Waals surface area contributed by atoms with E-state index in [1.54, 1.807) is 0 Å². The Bertz CT molecular complexity index is 421. The summed E-state index contributed by atoms with van der Waals surface area (Å²) in [6, 6.07) is 3.45. The molecule has 1 aromatic rings. The first-order chi connectivity index (χ1) is 7.65. The van der Waals surface area contributed by atoms with Crippen LogP contribution in [0.4, 0.5) is 9.80 Å². The highest BCUT2D eigenvalue weighted by Gasteiger charge is 2.21. The first-order valence-corrected chi connectivity index (χ1v) is 6.34. The molecule has 3 amide bonds. The molecule has 0 saturated carbocycles. The molecule has 0 aromatic carbocycles. The number of carbonyl (C=O) groups excluding carboxylic acids is 2. The Morgan fingerprint density at radius 1 is 1.56 bits per heavy atom. The number of rotatable bonds is 1. The summed E-state index contributed by atoms with van der Waals surface area (Å²) in [6.45, 7) is 1.18. The lowest BCUT2D eigenvalue weighted by Crippen LogP contribution is -2.51. The maximum atomic E-state index is 11.7. The molecule has 0 radical (unpaired) electrons. The van der Waals surface area contributed by atoms with Gasteiger partial charge >= 0.3 is 6.03 Å². The van der Waals surface area contributed by atoms with Crippen molar-refractivity contribution >= 4 is 44.2 Å². The average molecular weight is 304 g/mol. The van der Waals surface area contributed by atoms with Gasteiger partial charge in [0, 0.05) is 13.1 Å². The summed E-state index contributed by atoms with van der Waals surface area (Å²) in [5.41, 5.74) is 0. The van der Waals surface area contributed by atoms with Gasteiger partial charge < -0.3 is 10.2 Å². The van der Waals surface area contributed by atoms with E-state index in [2.05, 4.69) is 26.6 Å². The second-order valence-electron chi connectivity index (χ2n) is 3.31. The quantitative estimate of drug-likeness (QED) is 0.825. The molecule has 0 atom stereocenters. The van der Waals surface area contributed by atoms with Crippen LogP contribution in [0.25, 0.3) is 0 Å². The Morgan fingerprint density at radius 3 is 3.00 bits per heavy atom. The Labute approximate surface area is 105 Å². The lowest BCUT2D eigenvalue weighted by molar-refractivity contribution is -0.123. The minimum atomic E-state index is -0.232. The number of hydrogen-bond acceptors (Lipinski definition) is 3. The Balaban J connectivity index is 1.94. The molecule has 1 fully saturated rings. The Hall–Kier alpha value is -1.08. The van der Waals surface area contributed by atoms with Crippen LogP contribution in [0.2, 0.25) is 0 Å². The minimum Gasteiger partial charge on any atom is -0.353 e. The molecule has 1 aromatic heterocycles. The topological polar surface area (TPSA) is 61.4 Å². The molecule has 0 spiro atoms. The van der Waals surface area contributed by atoms with Gasteiger partial charge in [0.05, 0.1) is 8.79 Å². The summed E-state index contributed by atoms with van der Waals surface area (Å²) in [6.07, 6.45) is 0. The van der Waals surface area contributed by atoms with Gasteiger partial charge in [-0.1, -0.05) is 0 Å². The number of anilines is 1. The fourth-order valence-electron chi connectivity index (χ4n) is 1.38. The smallest absolute Gasteiger partial charge is 0.322 e. The van der Waals surface area contributed by atoms with E-state index in [-0.39, 0.29) is 18.5 Å². The number of urea groups is 1. The van der Waals surface area contributed by atoms with E-state index in [9.17, 15) is 9.59 Å². The number of hydrogen-bond donors (Lipinski definition) is 2. The lowest BCUT2D eigenvalue weighted by Gasteiger charge is -2.26. The standard InChI is InChI=1S/C9H10BrN3O2S/c10-6-1-2-8(16-6)12-9(15)13-4-3-11-7(14)5-13/h1-2H,3-5H2,(H,11,14)(H,12,15). The minimum absolute atomic E-state index is 0.117. The Kier molecular flexibility index (Phi) is 3.45. The van der Waals surface area contributed by atoms with Gasteiger partial charge in [0.2, 0.25) is 5.91 Å². The zero-order valence-corrected chi connectivity index (χ0v) is 10.7. The molecule has 7 heteroatoms. The van der Waals surface area contributed by atoms with Gasteiger partial charge in [-0.3, -0.25) is 10.1 Å². The molecular formula is C9H10BrN3O2S. The van der Waals surface area contributed by atoms with Crippen LogP contribution in [0.1, 0.15) is 0 Å². The monoisotopic (exact) mass is 303 g/mol. The third-order valence-corrected chi connectivity index (χ3v) is 3.67. The van der Waals surface area contributed by atoms with E-state index >= 15 is 0 Å². The van der Waals surface area contributed by atoms with Gasteiger partial charge in [-0.2, -0.15) is 0 Å². The third kappa shape index (κ3) is 2.73. The first kappa shape index (κ1) is 11.4. The van der Waals surface area contributed by atoms with Crippen molar-refractivity contribution in [2.24, 2.45) is 0 Å². The van der Waals surface area contributed by atoms with E-state index < -0.39 is 0 Å². The van der Waals surface area contributed by atoms with Gasteiger partial charge in [0.1, 0.15) is 6.54 Å². The third-order valence-electron chi connectivity index (χ3n) is 2.13. The van der Waals surface area contributed by atoms with Gasteiger partial charge in [-0.05, 0) is 28.1 Å². The molecule has 0 bridgehead atoms. The summed E-state index contributed by atoms with van der Waals surface area (Å²) < 4.78 is 0.958. The van der Waals surface area contributed by atoms with Crippen molar-refractivity contribution in [1.29, 1.82) is 0 Å². The van der Waals surface area contributed by atoms with Crippen molar-refractivity contribution in [3.63, 3.8) is 0 Å². The van der Waals surface area contributed by atoms with Crippen LogP contribution in [0.15, 0.2) is 15.9 Å². The number of piperazine rings is 1. The van der Waals surface area contributed by atoms with Crippen LogP contribution in [0.3, 0.4) is 0 Å². The molecule has 1 saturated heterocycles. The van der Waals surface area contributed by atoms with Crippen LogP contribution in [-0.2, 0) is 4.79 Å². The predicted octanol–water partition coefficient (Wildman–Crippen LogP) is 1.47. The van der Waals surface area contributed by atoms with Crippen LogP contribution in [-0.4, -0.2) is 36.5 Å². The molecule has 2 N–H and O–H groups in total. The number of nitrogens with zero attached hydrogens (tertiary/aromatic N) is 1. The molecule has 16 heavy (non-hydrogen) atoms. The van der Waals surface area contributed by atoms with Gasteiger partial charge in [0.25, 0.3) is 0 Å². The average Bonchev–Trinajstić information content (AvgIpc) is 2.64. The van der Waals surface area contributed by atoms with Gasteiger partial charge in [-0.15, -0.1) is 11.3 Å². The molecule has 2 rings (SSSR count). The van der Waals surface area contributed by atoms with Crippen LogP contribution >= 0.6 is 27.3 Å². The zero-order valence-electron chi connectivity index (χ0n) is 8.33. The number of halogens is 1. The summed E-state index contributed by atoms with van der Waals surface area (Å²) in [5.74, 6) is -0.117. The van der Waals surface area contributed by atoms with E-state index in [1.807, 2.05) is 12.1 Å².